The van der Waals surface area contributed by atoms with Crippen molar-refractivity contribution < 1.29 is 18.8 Å². The highest BCUT2D eigenvalue weighted by Gasteiger charge is 2.39. The molecule has 0 aromatic heterocycles. The van der Waals surface area contributed by atoms with E-state index in [0.29, 0.717) is 10.6 Å². The molecule has 0 saturated carbocycles. The molecule has 0 saturated heterocycles. The number of nitrogens with one attached hydrogen (secondary N) is 1. The topological polar surface area (TPSA) is 75.6 Å². The molecule has 3 rings (SSSR count). The molecule has 1 aliphatic heterocycles. The van der Waals surface area contributed by atoms with Gasteiger partial charge in [-0.25, -0.2) is 4.79 Å². The van der Waals surface area contributed by atoms with Gasteiger partial charge in [0.2, 0.25) is 0 Å². The molecule has 3 atom stereocenters. The highest BCUT2D eigenvalue weighted by atomic mass is 32.2. The van der Waals surface area contributed by atoms with Crippen molar-refractivity contribution in [3.05, 3.63) is 59.2 Å². The number of hydrogen-bond donors (Lipinski definition) is 2. The normalized spacial score (nSPS) is 23.8. The zero-order chi connectivity index (χ0) is 21.0. The first-order valence-electron chi connectivity index (χ1n) is 10.1. The Morgan fingerprint density at radius 3 is 2.59 bits per heavy atom. The zero-order valence-electron chi connectivity index (χ0n) is 17.2. The minimum absolute atomic E-state index is 0.0453. The molecular formula is C23H29NO4S. The van der Waals surface area contributed by atoms with E-state index >= 15 is 0 Å². The number of carboxylic acid groups (broad SMARTS) is 1. The van der Waals surface area contributed by atoms with Crippen molar-refractivity contribution in [1.29, 1.82) is 0 Å². The van der Waals surface area contributed by atoms with Crippen LogP contribution in [0.15, 0.2) is 47.4 Å². The number of carboxylic acids is 1. The third kappa shape index (κ3) is 4.38. The van der Waals surface area contributed by atoms with Gasteiger partial charge in [-0.2, -0.15) is 0 Å². The van der Waals surface area contributed by atoms with Crippen molar-refractivity contribution >= 4 is 16.8 Å². The number of ether oxygens (including phenoxy) is 1. The maximum absolute atomic E-state index is 13.4. The molecule has 2 aromatic rings. The van der Waals surface area contributed by atoms with Gasteiger partial charge in [-0.1, -0.05) is 57.0 Å². The summed E-state index contributed by atoms with van der Waals surface area (Å²) in [6, 6.07) is 13.1. The second-order valence-corrected chi connectivity index (χ2v) is 9.03. The summed E-state index contributed by atoms with van der Waals surface area (Å²) in [5.41, 5.74) is 1.65. The number of unbranched alkanes of at least 4 members (excludes halogenated alkanes) is 1. The number of carbonyl (C=O) groups is 1. The van der Waals surface area contributed by atoms with E-state index in [4.69, 9.17) is 4.74 Å². The maximum Gasteiger partial charge on any atom is 0.339 e. The average Bonchev–Trinajstić information content (AvgIpc) is 2.86. The summed E-state index contributed by atoms with van der Waals surface area (Å²) >= 11 is 0. The Kier molecular flexibility index (Phi) is 6.75. The van der Waals surface area contributed by atoms with Crippen molar-refractivity contribution in [2.45, 2.75) is 56.0 Å². The third-order valence-electron chi connectivity index (χ3n) is 5.80. The first-order valence-corrected chi connectivity index (χ1v) is 11.4. The second kappa shape index (κ2) is 9.09. The third-order valence-corrected chi connectivity index (χ3v) is 7.45. The molecule has 5 nitrogen and oxygen atoms in total. The standard InChI is InChI=1S/C23H29NO4S/c1-4-6-12-23(5-2)15-29(27)20-14-17(22(25)26)19(28-3)13-18(20)21(24-23)16-10-8-7-9-11-16/h7-11,13-14,21,24H,4-6,12,15H2,1-3H3,(H,25,26)/t21-,23?,29?/m1/s1. The number of hydrogen-bond acceptors (Lipinski definition) is 4. The van der Waals surface area contributed by atoms with Gasteiger partial charge in [0.1, 0.15) is 11.3 Å². The number of methoxy groups -OCH3 is 1. The molecule has 156 valence electrons. The molecule has 2 N–H and O–H groups in total. The van der Waals surface area contributed by atoms with Gasteiger partial charge < -0.3 is 9.84 Å². The number of rotatable bonds is 7. The van der Waals surface area contributed by atoms with E-state index in [-0.39, 0.29) is 22.9 Å². The second-order valence-electron chi connectivity index (χ2n) is 7.61. The Labute approximate surface area is 174 Å². The Hall–Kier alpha value is -2.18. The molecule has 2 aromatic carbocycles. The van der Waals surface area contributed by atoms with E-state index in [1.165, 1.54) is 13.2 Å². The molecule has 0 bridgehead atoms. The lowest BCUT2D eigenvalue weighted by atomic mass is 9.88. The summed E-state index contributed by atoms with van der Waals surface area (Å²) in [6.45, 7) is 4.28. The van der Waals surface area contributed by atoms with Gasteiger partial charge in [0.25, 0.3) is 0 Å². The fourth-order valence-electron chi connectivity index (χ4n) is 4.04. The summed E-state index contributed by atoms with van der Waals surface area (Å²) in [5, 5.41) is 13.4. The predicted molar refractivity (Wildman–Crippen MR) is 115 cm³/mol. The Morgan fingerprint density at radius 1 is 1.28 bits per heavy atom. The summed E-state index contributed by atoms with van der Waals surface area (Å²) in [6.07, 6.45) is 3.88. The number of benzene rings is 2. The van der Waals surface area contributed by atoms with Gasteiger partial charge in [-0.15, -0.1) is 0 Å². The average molecular weight is 416 g/mol. The number of fused-ring (bicyclic) bond motifs is 1. The molecule has 0 fully saturated rings. The molecule has 0 aliphatic carbocycles. The van der Waals surface area contributed by atoms with Crippen molar-refractivity contribution in [2.24, 2.45) is 0 Å². The largest absolute Gasteiger partial charge is 0.496 e. The monoisotopic (exact) mass is 415 g/mol. The first-order chi connectivity index (χ1) is 13.9. The van der Waals surface area contributed by atoms with Crippen LogP contribution < -0.4 is 10.1 Å². The SMILES string of the molecule is CCCCC1(CC)CS(=O)c2cc(C(=O)O)c(OC)cc2[C@@H](c2ccccc2)N1. The number of aromatic carboxylic acids is 1. The summed E-state index contributed by atoms with van der Waals surface area (Å²) in [4.78, 5) is 12.3. The smallest absolute Gasteiger partial charge is 0.339 e. The lowest BCUT2D eigenvalue weighted by Gasteiger charge is -2.36. The summed E-state index contributed by atoms with van der Waals surface area (Å²) in [5.74, 6) is -0.331. The fourth-order valence-corrected chi connectivity index (χ4v) is 5.82. The van der Waals surface area contributed by atoms with Crippen LogP contribution in [-0.4, -0.2) is 33.7 Å². The molecule has 6 heteroatoms. The van der Waals surface area contributed by atoms with E-state index in [0.717, 1.165) is 36.8 Å². The van der Waals surface area contributed by atoms with Crippen LogP contribution in [0.3, 0.4) is 0 Å². The van der Waals surface area contributed by atoms with E-state index < -0.39 is 16.8 Å². The molecule has 0 radical (unpaired) electrons. The van der Waals surface area contributed by atoms with Gasteiger partial charge in [0, 0.05) is 16.2 Å². The molecule has 29 heavy (non-hydrogen) atoms. The van der Waals surface area contributed by atoms with Crippen molar-refractivity contribution in [2.75, 3.05) is 12.9 Å². The quantitative estimate of drug-likeness (QED) is 0.695. The molecule has 0 spiro atoms. The first kappa shape index (κ1) is 21.5. The highest BCUT2D eigenvalue weighted by molar-refractivity contribution is 7.85. The van der Waals surface area contributed by atoms with E-state index in [9.17, 15) is 14.1 Å². The fraction of sp³-hybridized carbons (Fsp3) is 0.435. The van der Waals surface area contributed by atoms with Crippen LogP contribution in [0.25, 0.3) is 0 Å². The summed E-state index contributed by atoms with van der Waals surface area (Å²) in [7, 11) is 0.144. The summed E-state index contributed by atoms with van der Waals surface area (Å²) < 4.78 is 18.8. The zero-order valence-corrected chi connectivity index (χ0v) is 18.1. The van der Waals surface area contributed by atoms with E-state index in [2.05, 4.69) is 19.2 Å². The Balaban J connectivity index is 2.22. The van der Waals surface area contributed by atoms with Crippen LogP contribution >= 0.6 is 0 Å². The minimum Gasteiger partial charge on any atom is -0.496 e. The van der Waals surface area contributed by atoms with Crippen LogP contribution in [0.2, 0.25) is 0 Å². The van der Waals surface area contributed by atoms with Crippen molar-refractivity contribution in [3.8, 4) is 5.75 Å². The van der Waals surface area contributed by atoms with Crippen molar-refractivity contribution in [1.82, 2.24) is 5.32 Å². The van der Waals surface area contributed by atoms with Crippen LogP contribution in [0, 0.1) is 0 Å². The van der Waals surface area contributed by atoms with Gasteiger partial charge in [0.05, 0.1) is 24.0 Å². The maximum atomic E-state index is 13.4. The molecule has 1 heterocycles. The molecule has 2 unspecified atom stereocenters. The van der Waals surface area contributed by atoms with Gasteiger partial charge in [-0.05, 0) is 36.1 Å². The lowest BCUT2D eigenvalue weighted by Crippen LogP contribution is -2.49. The van der Waals surface area contributed by atoms with Crippen LogP contribution in [0.5, 0.6) is 5.75 Å². The van der Waals surface area contributed by atoms with E-state index in [1.807, 2.05) is 30.3 Å². The molecular weight excluding hydrogens is 386 g/mol. The van der Waals surface area contributed by atoms with Crippen LogP contribution in [0.1, 0.15) is 67.1 Å². The van der Waals surface area contributed by atoms with Crippen LogP contribution in [-0.2, 0) is 10.8 Å². The van der Waals surface area contributed by atoms with Gasteiger partial charge in [0.15, 0.2) is 0 Å². The Morgan fingerprint density at radius 2 is 2.00 bits per heavy atom. The predicted octanol–water partition coefficient (Wildman–Crippen LogP) is 4.53. The molecule has 1 aliphatic rings. The van der Waals surface area contributed by atoms with Gasteiger partial charge in [-0.3, -0.25) is 9.53 Å². The minimum atomic E-state index is -1.32. The van der Waals surface area contributed by atoms with Crippen LogP contribution in [0.4, 0.5) is 0 Å². The van der Waals surface area contributed by atoms with Gasteiger partial charge >= 0.3 is 5.97 Å². The van der Waals surface area contributed by atoms with E-state index in [1.54, 1.807) is 6.07 Å². The Bertz CT molecular complexity index is 899. The highest BCUT2D eigenvalue weighted by Crippen LogP contribution is 2.39. The lowest BCUT2D eigenvalue weighted by molar-refractivity contribution is 0.0693. The van der Waals surface area contributed by atoms with Crippen molar-refractivity contribution in [3.63, 3.8) is 0 Å². The molecule has 0 amide bonds.